The molecule has 2 aromatic rings. The van der Waals surface area contributed by atoms with Gasteiger partial charge in [0.1, 0.15) is 28.9 Å². The van der Waals surface area contributed by atoms with E-state index in [2.05, 4.69) is 20.5 Å². The van der Waals surface area contributed by atoms with Gasteiger partial charge in [0.2, 0.25) is 11.8 Å². The number of likely N-dealkylation sites (N-methyl/N-ethyl adjacent to an activating group) is 1. The number of thiazole rings is 1. The number of carboxylic acid groups (broad SMARTS) is 1. The van der Waals surface area contributed by atoms with E-state index in [0.717, 1.165) is 42.7 Å². The molecule has 12 heteroatoms. The summed E-state index contributed by atoms with van der Waals surface area (Å²) in [5, 5.41) is 28.5. The zero-order valence-corrected chi connectivity index (χ0v) is 29.5. The van der Waals surface area contributed by atoms with Crippen molar-refractivity contribution in [3.05, 3.63) is 52.0 Å². The molecule has 1 aromatic carbocycles. The summed E-state index contributed by atoms with van der Waals surface area (Å²) in [4.78, 5) is 60.8. The number of carbonyl (C=O) groups is 4. The van der Waals surface area contributed by atoms with E-state index in [1.165, 1.54) is 5.38 Å². The Morgan fingerprint density at radius 1 is 1.09 bits per heavy atom. The second kappa shape index (κ2) is 18.3. The van der Waals surface area contributed by atoms with Crippen LogP contribution in [0.1, 0.15) is 100 Å². The van der Waals surface area contributed by atoms with Crippen LogP contribution in [0.2, 0.25) is 0 Å². The predicted octanol–water partition coefficient (Wildman–Crippen LogP) is 4.27. The van der Waals surface area contributed by atoms with Gasteiger partial charge in [0, 0.05) is 30.8 Å². The Labute approximate surface area is 283 Å². The van der Waals surface area contributed by atoms with E-state index in [9.17, 15) is 29.4 Å². The van der Waals surface area contributed by atoms with Gasteiger partial charge in [-0.05, 0) is 50.3 Å². The molecule has 11 nitrogen and oxygen atoms in total. The smallest absolute Gasteiger partial charge is 0.326 e. The highest BCUT2D eigenvalue weighted by molar-refractivity contribution is 7.09. The number of carboxylic acids is 1. The van der Waals surface area contributed by atoms with Crippen LogP contribution in [0.25, 0.3) is 0 Å². The molecule has 260 valence electrons. The van der Waals surface area contributed by atoms with Crippen molar-refractivity contribution < 1.29 is 29.4 Å². The number of benzene rings is 1. The second-order valence-corrected chi connectivity index (χ2v) is 14.0. The van der Waals surface area contributed by atoms with Gasteiger partial charge in [-0.2, -0.15) is 0 Å². The molecule has 1 saturated heterocycles. The fourth-order valence-electron chi connectivity index (χ4n) is 6.11. The monoisotopic (exact) mass is 671 g/mol. The van der Waals surface area contributed by atoms with Crippen molar-refractivity contribution in [2.24, 2.45) is 11.8 Å². The maximum atomic E-state index is 14.3. The Balaban J connectivity index is 1.75. The molecule has 0 bridgehead atoms. The summed E-state index contributed by atoms with van der Waals surface area (Å²) in [5.74, 6) is -2.18. The maximum absolute atomic E-state index is 14.3. The largest absolute Gasteiger partial charge is 0.480 e. The molecule has 3 unspecified atom stereocenters. The Hall–Kier alpha value is -3.35. The van der Waals surface area contributed by atoms with Gasteiger partial charge < -0.3 is 25.7 Å². The minimum Gasteiger partial charge on any atom is -0.480 e. The van der Waals surface area contributed by atoms with E-state index >= 15 is 0 Å². The lowest BCUT2D eigenvalue weighted by Crippen LogP contribution is -2.58. The summed E-state index contributed by atoms with van der Waals surface area (Å²) < 4.78 is 0. The highest BCUT2D eigenvalue weighted by Crippen LogP contribution is 2.29. The van der Waals surface area contributed by atoms with Crippen molar-refractivity contribution in [1.29, 1.82) is 0 Å². The van der Waals surface area contributed by atoms with Gasteiger partial charge in [-0.15, -0.1) is 11.3 Å². The van der Waals surface area contributed by atoms with Crippen LogP contribution in [0.3, 0.4) is 0 Å². The average Bonchev–Trinajstić information content (AvgIpc) is 3.55. The van der Waals surface area contributed by atoms with Gasteiger partial charge in [-0.3, -0.25) is 19.3 Å². The quantitative estimate of drug-likeness (QED) is 0.195. The molecule has 47 heavy (non-hydrogen) atoms. The van der Waals surface area contributed by atoms with Gasteiger partial charge in [0.05, 0.1) is 6.04 Å². The van der Waals surface area contributed by atoms with Crippen LogP contribution in [0.5, 0.6) is 0 Å². The molecule has 0 spiro atoms. The van der Waals surface area contributed by atoms with Crippen LogP contribution in [0, 0.1) is 11.8 Å². The zero-order chi connectivity index (χ0) is 34.7. The molecule has 6 atom stereocenters. The van der Waals surface area contributed by atoms with Crippen LogP contribution in [0.15, 0.2) is 35.7 Å². The standard InChI is InChI=1S/C35H53N5O6S/c1-7-17-40(34(44)30(23(5)8-2)38-32(43)27-16-12-13-18-39(27)6)28(22(3)4)20-29(41)33-37-26(21-47-33)31(42)36-25(35(45)46)19-24-14-10-9-11-15-24/h9-11,14-15,21-23,25,27-30,41H,7-8,12-13,16-20H2,1-6H3,(H,36,42)(H,38,43)(H,45,46)/t23?,25-,27?,28+,29?,30-/m0/s1. The molecule has 1 aliphatic heterocycles. The number of piperidine rings is 1. The summed E-state index contributed by atoms with van der Waals surface area (Å²) in [7, 11) is 1.95. The lowest BCUT2D eigenvalue weighted by molar-refractivity contribution is -0.142. The molecule has 3 rings (SSSR count). The minimum absolute atomic E-state index is 0.0186. The van der Waals surface area contributed by atoms with Gasteiger partial charge in [0.15, 0.2) is 0 Å². The Bertz CT molecular complexity index is 1320. The Morgan fingerprint density at radius 2 is 1.79 bits per heavy atom. The van der Waals surface area contributed by atoms with E-state index in [1.807, 2.05) is 47.7 Å². The summed E-state index contributed by atoms with van der Waals surface area (Å²) in [6, 6.07) is 6.59. The molecule has 1 aromatic heterocycles. The predicted molar refractivity (Wildman–Crippen MR) is 183 cm³/mol. The van der Waals surface area contributed by atoms with Crippen molar-refractivity contribution in [1.82, 2.24) is 25.4 Å². The lowest BCUT2D eigenvalue weighted by atomic mass is 9.92. The molecule has 1 aliphatic rings. The van der Waals surface area contributed by atoms with Crippen LogP contribution < -0.4 is 10.6 Å². The van der Waals surface area contributed by atoms with Gasteiger partial charge in [-0.1, -0.05) is 77.8 Å². The van der Waals surface area contributed by atoms with Crippen molar-refractivity contribution in [3.63, 3.8) is 0 Å². The molecule has 1 fully saturated rings. The summed E-state index contributed by atoms with van der Waals surface area (Å²) in [6.45, 7) is 11.3. The second-order valence-electron chi connectivity index (χ2n) is 13.1. The number of hydrogen-bond acceptors (Lipinski definition) is 8. The van der Waals surface area contributed by atoms with Crippen molar-refractivity contribution in [2.75, 3.05) is 20.1 Å². The highest BCUT2D eigenvalue weighted by atomic mass is 32.1. The van der Waals surface area contributed by atoms with E-state index < -0.39 is 30.1 Å². The van der Waals surface area contributed by atoms with E-state index in [1.54, 1.807) is 29.2 Å². The van der Waals surface area contributed by atoms with E-state index in [-0.39, 0.29) is 54.3 Å². The average molecular weight is 672 g/mol. The molecule has 0 aliphatic carbocycles. The molecule has 0 radical (unpaired) electrons. The molecule has 2 heterocycles. The molecular formula is C35H53N5O6S. The minimum atomic E-state index is -1.16. The maximum Gasteiger partial charge on any atom is 0.326 e. The fourth-order valence-corrected chi connectivity index (χ4v) is 6.91. The number of aliphatic carboxylic acids is 1. The van der Waals surface area contributed by atoms with Crippen molar-refractivity contribution >= 4 is 35.0 Å². The summed E-state index contributed by atoms with van der Waals surface area (Å²) in [5.41, 5.74) is 0.801. The lowest BCUT2D eigenvalue weighted by Gasteiger charge is -2.39. The number of rotatable bonds is 17. The van der Waals surface area contributed by atoms with Gasteiger partial charge >= 0.3 is 5.97 Å². The topological polar surface area (TPSA) is 152 Å². The van der Waals surface area contributed by atoms with Gasteiger partial charge in [0.25, 0.3) is 5.91 Å². The van der Waals surface area contributed by atoms with Gasteiger partial charge in [-0.25, -0.2) is 9.78 Å². The first-order valence-electron chi connectivity index (χ1n) is 16.9. The Kier molecular flexibility index (Phi) is 14.8. The number of hydrogen-bond donors (Lipinski definition) is 4. The van der Waals surface area contributed by atoms with E-state index in [4.69, 9.17) is 0 Å². The van der Waals surface area contributed by atoms with Crippen LogP contribution in [0.4, 0.5) is 0 Å². The van der Waals surface area contributed by atoms with Crippen LogP contribution in [-0.4, -0.2) is 93.0 Å². The molecular weight excluding hydrogens is 618 g/mol. The highest BCUT2D eigenvalue weighted by Gasteiger charge is 2.37. The van der Waals surface area contributed by atoms with Crippen LogP contribution in [-0.2, 0) is 20.8 Å². The van der Waals surface area contributed by atoms with Crippen LogP contribution >= 0.6 is 11.3 Å². The first-order valence-corrected chi connectivity index (χ1v) is 17.8. The number of aromatic nitrogens is 1. The first-order chi connectivity index (χ1) is 22.4. The third-order valence-corrected chi connectivity index (χ3v) is 10.1. The normalized spacial score (nSPS) is 18.5. The number of nitrogens with zero attached hydrogens (tertiary/aromatic N) is 3. The number of aliphatic hydroxyl groups excluding tert-OH is 1. The SMILES string of the molecule is CCCN(C(=O)[C@@H](NC(=O)C1CCCCN1C)C(C)CC)[C@H](CC(O)c1nc(C(=O)N[C@@H](Cc2ccccc2)C(=O)O)cs1)C(C)C. The molecule has 4 N–H and O–H groups in total. The fraction of sp³-hybridized carbons (Fsp3) is 0.629. The zero-order valence-electron chi connectivity index (χ0n) is 28.6. The van der Waals surface area contributed by atoms with Crippen molar-refractivity contribution in [2.45, 2.75) is 110 Å². The number of amides is 3. The number of nitrogens with one attached hydrogen (secondary N) is 2. The number of likely N-dealkylation sites (tertiary alicyclic amines) is 1. The Morgan fingerprint density at radius 3 is 2.38 bits per heavy atom. The number of carbonyl (C=O) groups excluding carboxylic acids is 3. The third kappa shape index (κ3) is 10.6. The molecule has 0 saturated carbocycles. The summed E-state index contributed by atoms with van der Waals surface area (Å²) >= 11 is 1.12. The summed E-state index contributed by atoms with van der Waals surface area (Å²) in [6.07, 6.45) is 3.46. The van der Waals surface area contributed by atoms with E-state index in [0.29, 0.717) is 24.4 Å². The third-order valence-electron chi connectivity index (χ3n) is 9.16. The number of aliphatic hydroxyl groups is 1. The first kappa shape index (κ1) is 38.1. The van der Waals surface area contributed by atoms with Crippen molar-refractivity contribution in [3.8, 4) is 0 Å². The molecule has 3 amide bonds.